The molecule has 2 aromatic carbocycles. The number of thioether (sulfide) groups is 1. The molecule has 0 unspecified atom stereocenters. The summed E-state index contributed by atoms with van der Waals surface area (Å²) >= 11 is 7.27. The van der Waals surface area contributed by atoms with E-state index >= 15 is 0 Å². The van der Waals surface area contributed by atoms with E-state index in [1.54, 1.807) is 24.3 Å². The van der Waals surface area contributed by atoms with Crippen LogP contribution < -0.4 is 15.4 Å². The molecule has 0 bridgehead atoms. The van der Waals surface area contributed by atoms with Gasteiger partial charge in [0.05, 0.1) is 23.0 Å². The maximum atomic E-state index is 12.2. The van der Waals surface area contributed by atoms with Gasteiger partial charge in [0.2, 0.25) is 11.8 Å². The highest BCUT2D eigenvalue weighted by Gasteiger charge is 2.32. The lowest BCUT2D eigenvalue weighted by atomic mass is 10.2. The van der Waals surface area contributed by atoms with Crippen molar-refractivity contribution in [2.24, 2.45) is 4.99 Å². The van der Waals surface area contributed by atoms with Gasteiger partial charge >= 0.3 is 0 Å². The van der Waals surface area contributed by atoms with Crippen molar-refractivity contribution < 1.29 is 14.3 Å². The Morgan fingerprint density at radius 3 is 2.70 bits per heavy atom. The second-order valence-electron chi connectivity index (χ2n) is 5.67. The summed E-state index contributed by atoms with van der Waals surface area (Å²) in [6, 6.07) is 14.2. The number of carbonyl (C=O) groups excluding carboxylic acids is 2. The standard InChI is InChI=1S/C19H18ClN3O3S/c1-2-26-13-9-7-12(8-10-13)21-19-23-18(25)16(27-19)11-17(24)22-15-6-4-3-5-14(15)20/h3-10,16H,2,11H2,1H3,(H,22,24)(H,21,23,25)/t16-/m1/s1. The fourth-order valence-corrected chi connectivity index (χ4v) is 3.60. The summed E-state index contributed by atoms with van der Waals surface area (Å²) in [4.78, 5) is 28.7. The van der Waals surface area contributed by atoms with Crippen LogP contribution in [0, 0.1) is 0 Å². The minimum absolute atomic E-state index is 0.0318. The lowest BCUT2D eigenvalue weighted by molar-refractivity contribution is -0.122. The molecular formula is C19H18ClN3O3S. The third-order valence-corrected chi connectivity index (χ3v) is 5.09. The number of carbonyl (C=O) groups is 2. The Morgan fingerprint density at radius 2 is 2.00 bits per heavy atom. The van der Waals surface area contributed by atoms with E-state index in [0.717, 1.165) is 5.75 Å². The van der Waals surface area contributed by atoms with Crippen molar-refractivity contribution in [1.82, 2.24) is 5.32 Å². The van der Waals surface area contributed by atoms with E-state index in [9.17, 15) is 9.59 Å². The molecule has 1 aliphatic heterocycles. The van der Waals surface area contributed by atoms with Gasteiger partial charge in [-0.1, -0.05) is 35.5 Å². The number of anilines is 1. The summed E-state index contributed by atoms with van der Waals surface area (Å²) in [5, 5.41) is 5.82. The van der Waals surface area contributed by atoms with Gasteiger partial charge in [-0.05, 0) is 43.3 Å². The largest absolute Gasteiger partial charge is 0.494 e. The number of hydrogen-bond acceptors (Lipinski definition) is 5. The molecule has 3 rings (SSSR count). The Morgan fingerprint density at radius 1 is 1.26 bits per heavy atom. The van der Waals surface area contributed by atoms with Crippen LogP contribution in [-0.4, -0.2) is 28.8 Å². The first-order chi connectivity index (χ1) is 13.0. The molecule has 27 heavy (non-hydrogen) atoms. The van der Waals surface area contributed by atoms with Gasteiger partial charge in [-0.25, -0.2) is 4.99 Å². The van der Waals surface area contributed by atoms with Crippen molar-refractivity contribution in [2.45, 2.75) is 18.6 Å². The van der Waals surface area contributed by atoms with Gasteiger partial charge in [0.15, 0.2) is 5.17 Å². The molecule has 0 aliphatic carbocycles. The lowest BCUT2D eigenvalue weighted by Gasteiger charge is -2.08. The van der Waals surface area contributed by atoms with E-state index in [2.05, 4.69) is 15.6 Å². The van der Waals surface area contributed by atoms with Crippen molar-refractivity contribution >= 4 is 51.7 Å². The number of halogens is 1. The van der Waals surface area contributed by atoms with E-state index in [4.69, 9.17) is 16.3 Å². The topological polar surface area (TPSA) is 79.8 Å². The maximum Gasteiger partial charge on any atom is 0.240 e. The van der Waals surface area contributed by atoms with E-state index < -0.39 is 5.25 Å². The fraction of sp³-hybridized carbons (Fsp3) is 0.211. The molecule has 1 heterocycles. The Kier molecular flexibility index (Phi) is 6.36. The van der Waals surface area contributed by atoms with Gasteiger partial charge in [0.25, 0.3) is 0 Å². The lowest BCUT2D eigenvalue weighted by Crippen LogP contribution is -2.28. The average Bonchev–Trinajstić information content (AvgIpc) is 2.98. The fourth-order valence-electron chi connectivity index (χ4n) is 2.43. The van der Waals surface area contributed by atoms with E-state index in [1.807, 2.05) is 31.2 Å². The predicted octanol–water partition coefficient (Wildman–Crippen LogP) is 3.99. The van der Waals surface area contributed by atoms with E-state index in [0.29, 0.717) is 28.2 Å². The molecule has 1 aliphatic rings. The minimum Gasteiger partial charge on any atom is -0.494 e. The number of nitrogens with one attached hydrogen (secondary N) is 2. The molecule has 1 saturated heterocycles. The number of para-hydroxylation sites is 1. The highest BCUT2D eigenvalue weighted by Crippen LogP contribution is 2.27. The van der Waals surface area contributed by atoms with Crippen molar-refractivity contribution in [1.29, 1.82) is 0 Å². The van der Waals surface area contributed by atoms with Gasteiger partial charge in [0, 0.05) is 6.42 Å². The number of amides is 2. The zero-order valence-corrected chi connectivity index (χ0v) is 16.1. The zero-order chi connectivity index (χ0) is 19.2. The molecule has 0 radical (unpaired) electrons. The summed E-state index contributed by atoms with van der Waals surface area (Å²) in [6.45, 7) is 2.51. The third-order valence-electron chi connectivity index (χ3n) is 3.67. The number of ether oxygens (including phenoxy) is 1. The van der Waals surface area contributed by atoms with Gasteiger partial charge in [-0.3, -0.25) is 9.59 Å². The number of rotatable bonds is 6. The van der Waals surface area contributed by atoms with Gasteiger partial charge in [-0.15, -0.1) is 0 Å². The van der Waals surface area contributed by atoms with Crippen LogP contribution in [0.4, 0.5) is 11.4 Å². The quantitative estimate of drug-likeness (QED) is 0.764. The number of nitrogens with zero attached hydrogens (tertiary/aromatic N) is 1. The van der Waals surface area contributed by atoms with Crippen molar-refractivity contribution in [3.63, 3.8) is 0 Å². The van der Waals surface area contributed by atoms with Crippen molar-refractivity contribution in [3.05, 3.63) is 53.6 Å². The molecule has 0 saturated carbocycles. The zero-order valence-electron chi connectivity index (χ0n) is 14.6. The van der Waals surface area contributed by atoms with Gasteiger partial charge < -0.3 is 15.4 Å². The number of aliphatic imine (C=N–C) groups is 1. The number of benzene rings is 2. The molecule has 1 atom stereocenters. The van der Waals surface area contributed by atoms with Crippen LogP contribution in [0.3, 0.4) is 0 Å². The van der Waals surface area contributed by atoms with Crippen LogP contribution in [0.1, 0.15) is 13.3 Å². The Balaban J connectivity index is 1.59. The second-order valence-corrected chi connectivity index (χ2v) is 7.27. The molecule has 2 N–H and O–H groups in total. The number of amidine groups is 1. The van der Waals surface area contributed by atoms with Crippen LogP contribution in [0.2, 0.25) is 5.02 Å². The summed E-state index contributed by atoms with van der Waals surface area (Å²) in [7, 11) is 0. The van der Waals surface area contributed by atoms with Crippen LogP contribution in [0.25, 0.3) is 0 Å². The maximum absolute atomic E-state index is 12.2. The molecular weight excluding hydrogens is 386 g/mol. The average molecular weight is 404 g/mol. The summed E-state index contributed by atoms with van der Waals surface area (Å²) in [6.07, 6.45) is 0.0318. The summed E-state index contributed by atoms with van der Waals surface area (Å²) < 4.78 is 5.39. The third kappa shape index (κ3) is 5.24. The molecule has 140 valence electrons. The normalized spacial score (nSPS) is 17.6. The number of hydrogen-bond donors (Lipinski definition) is 2. The molecule has 6 nitrogen and oxygen atoms in total. The van der Waals surface area contributed by atoms with Gasteiger partial charge in [0.1, 0.15) is 11.0 Å². The van der Waals surface area contributed by atoms with Crippen LogP contribution in [0.5, 0.6) is 5.75 Å². The molecule has 1 fully saturated rings. The highest BCUT2D eigenvalue weighted by atomic mass is 35.5. The smallest absolute Gasteiger partial charge is 0.240 e. The molecule has 2 amide bonds. The summed E-state index contributed by atoms with van der Waals surface area (Å²) in [5.74, 6) is 0.246. The predicted molar refractivity (Wildman–Crippen MR) is 109 cm³/mol. The summed E-state index contributed by atoms with van der Waals surface area (Å²) in [5.41, 5.74) is 1.22. The molecule has 2 aromatic rings. The van der Waals surface area contributed by atoms with Gasteiger partial charge in [-0.2, -0.15) is 0 Å². The first kappa shape index (κ1) is 19.3. The van der Waals surface area contributed by atoms with Crippen molar-refractivity contribution in [3.8, 4) is 5.75 Å². The Labute approximate surface area is 166 Å². The Hall–Kier alpha value is -2.51. The van der Waals surface area contributed by atoms with Crippen molar-refractivity contribution in [2.75, 3.05) is 11.9 Å². The van der Waals surface area contributed by atoms with Crippen LogP contribution in [0.15, 0.2) is 53.5 Å². The first-order valence-electron chi connectivity index (χ1n) is 8.38. The first-order valence-corrected chi connectivity index (χ1v) is 9.64. The molecule has 0 spiro atoms. The Bertz CT molecular complexity index is 871. The molecule has 8 heteroatoms. The highest BCUT2D eigenvalue weighted by molar-refractivity contribution is 8.15. The molecule has 0 aromatic heterocycles. The van der Waals surface area contributed by atoms with Crippen LogP contribution in [-0.2, 0) is 9.59 Å². The minimum atomic E-state index is -0.533. The van der Waals surface area contributed by atoms with E-state index in [-0.39, 0.29) is 18.2 Å². The van der Waals surface area contributed by atoms with E-state index in [1.165, 1.54) is 11.8 Å². The second kappa shape index (κ2) is 8.92. The monoisotopic (exact) mass is 403 g/mol. The van der Waals surface area contributed by atoms with Crippen LogP contribution >= 0.6 is 23.4 Å². The SMILES string of the molecule is CCOc1ccc(N=C2NC(=O)[C@@H](CC(=O)Nc3ccccc3Cl)S2)cc1.